The number of allylic oxidation sites excluding steroid dienone is 5. The van der Waals surface area contributed by atoms with Crippen molar-refractivity contribution in [2.45, 2.75) is 94.0 Å². The maximum Gasteiger partial charge on any atom is 0.0530 e. The number of rotatable bonds is 8. The van der Waals surface area contributed by atoms with E-state index in [0.717, 1.165) is 12.1 Å². The number of hydrogen-bond donors (Lipinski definition) is 1. The summed E-state index contributed by atoms with van der Waals surface area (Å²) in [5.41, 5.74) is 2.26. The zero-order chi connectivity index (χ0) is 24.5. The Hall–Kier alpha value is -1.94. The van der Waals surface area contributed by atoms with Crippen LogP contribution in [0.25, 0.3) is 0 Å². The highest BCUT2D eigenvalue weighted by molar-refractivity contribution is 5.13. The van der Waals surface area contributed by atoms with Gasteiger partial charge in [-0.05, 0) is 46.0 Å². The molecule has 0 aromatic rings. The molecule has 0 bridgehead atoms. The lowest BCUT2D eigenvalue weighted by molar-refractivity contribution is 0.383. The van der Waals surface area contributed by atoms with Gasteiger partial charge in [-0.15, -0.1) is 19.4 Å². The van der Waals surface area contributed by atoms with E-state index in [9.17, 15) is 0 Å². The van der Waals surface area contributed by atoms with Gasteiger partial charge in [-0.1, -0.05) is 104 Å². The third-order valence-corrected chi connectivity index (χ3v) is 3.42. The maximum atomic E-state index is 4.00. The quantitative estimate of drug-likeness (QED) is 0.242. The molecule has 29 heavy (non-hydrogen) atoms. The molecule has 1 atom stereocenters. The Morgan fingerprint density at radius 2 is 1.34 bits per heavy atom. The summed E-state index contributed by atoms with van der Waals surface area (Å²) < 4.78 is 0. The minimum atomic E-state index is -0.00576. The highest BCUT2D eigenvalue weighted by Gasteiger charge is 2.20. The molecule has 1 unspecified atom stereocenters. The van der Waals surface area contributed by atoms with Crippen molar-refractivity contribution >= 4 is 0 Å². The van der Waals surface area contributed by atoms with Crippen molar-refractivity contribution < 1.29 is 0 Å². The van der Waals surface area contributed by atoms with Gasteiger partial charge in [0, 0.05) is 5.70 Å². The number of terminal acetylenes is 1. The highest BCUT2D eigenvalue weighted by atomic mass is 15.0. The summed E-state index contributed by atoms with van der Waals surface area (Å²) in [6.07, 6.45) is 19.4. The molecule has 0 aromatic heterocycles. The minimum Gasteiger partial charge on any atom is -0.380 e. The summed E-state index contributed by atoms with van der Waals surface area (Å²) in [6.45, 7) is 35.9. The second-order valence-corrected chi connectivity index (χ2v) is 7.92. The first-order chi connectivity index (χ1) is 13.4. The van der Waals surface area contributed by atoms with Crippen LogP contribution in [-0.4, -0.2) is 5.54 Å². The first-order valence-corrected chi connectivity index (χ1v) is 10.7. The fraction of sp³-hybridized carbons (Fsp3) is 0.571. The smallest absolute Gasteiger partial charge is 0.0530 e. The van der Waals surface area contributed by atoms with Crippen LogP contribution in [0.1, 0.15) is 88.5 Å². The van der Waals surface area contributed by atoms with Gasteiger partial charge in [-0.25, -0.2) is 0 Å². The lowest BCUT2D eigenvalue weighted by Gasteiger charge is -2.30. The molecule has 0 radical (unpaired) electrons. The van der Waals surface area contributed by atoms with E-state index in [4.69, 9.17) is 0 Å². The summed E-state index contributed by atoms with van der Waals surface area (Å²) in [5, 5.41) is 3.39. The SMILES string of the molecule is C#C.C=C(C)C(C)C.C=C/C=C\C(C)(CC(C)C)NC(=C)C.C=CC.CCCC. The van der Waals surface area contributed by atoms with Crippen LogP contribution in [0, 0.1) is 24.7 Å². The van der Waals surface area contributed by atoms with Crippen LogP contribution >= 0.6 is 0 Å². The molecule has 1 N–H and O–H groups in total. The fourth-order valence-corrected chi connectivity index (χ4v) is 1.78. The van der Waals surface area contributed by atoms with Crippen LogP contribution in [0.15, 0.2) is 61.9 Å². The Morgan fingerprint density at radius 1 is 1.00 bits per heavy atom. The lowest BCUT2D eigenvalue weighted by atomic mass is 9.90. The average Bonchev–Trinajstić information content (AvgIpc) is 2.61. The van der Waals surface area contributed by atoms with Crippen molar-refractivity contribution in [2.24, 2.45) is 11.8 Å². The number of nitrogens with one attached hydrogen (secondary N) is 1. The number of unbranched alkanes of at least 4 members (excludes halogenated alkanes) is 1. The largest absolute Gasteiger partial charge is 0.380 e. The van der Waals surface area contributed by atoms with Crippen molar-refractivity contribution in [3.05, 3.63) is 61.9 Å². The van der Waals surface area contributed by atoms with Crippen LogP contribution in [0.2, 0.25) is 0 Å². The van der Waals surface area contributed by atoms with Crippen LogP contribution in [0.5, 0.6) is 0 Å². The summed E-state index contributed by atoms with van der Waals surface area (Å²) >= 11 is 0. The molecule has 0 heterocycles. The Morgan fingerprint density at radius 3 is 1.52 bits per heavy atom. The van der Waals surface area contributed by atoms with E-state index in [2.05, 4.69) is 99.0 Å². The van der Waals surface area contributed by atoms with E-state index < -0.39 is 0 Å². The number of hydrogen-bond acceptors (Lipinski definition) is 1. The monoisotopic (exact) mass is 403 g/mol. The van der Waals surface area contributed by atoms with Crippen molar-refractivity contribution in [1.29, 1.82) is 0 Å². The summed E-state index contributed by atoms with van der Waals surface area (Å²) in [5.74, 6) is 1.31. The summed E-state index contributed by atoms with van der Waals surface area (Å²) in [7, 11) is 0. The Balaban J connectivity index is -0.000000105. The molecule has 0 spiro atoms. The Labute approximate surface area is 186 Å². The molecule has 0 aromatic carbocycles. The van der Waals surface area contributed by atoms with E-state index in [-0.39, 0.29) is 5.54 Å². The first kappa shape index (κ1) is 37.8. The third kappa shape index (κ3) is 46.3. The van der Waals surface area contributed by atoms with E-state index in [1.165, 1.54) is 18.4 Å². The van der Waals surface area contributed by atoms with Gasteiger partial charge in [0.25, 0.3) is 0 Å². The summed E-state index contributed by atoms with van der Waals surface area (Å²) in [6, 6.07) is 0. The average molecular weight is 404 g/mol. The van der Waals surface area contributed by atoms with Crippen LogP contribution < -0.4 is 5.32 Å². The molecular formula is C28H53N. The highest BCUT2D eigenvalue weighted by Crippen LogP contribution is 2.19. The molecule has 0 saturated heterocycles. The van der Waals surface area contributed by atoms with Gasteiger partial charge in [0.1, 0.15) is 0 Å². The molecule has 1 heteroatoms. The minimum absolute atomic E-state index is 0.00576. The standard InChI is InChI=1S/C13H23N.C6H12.C4H10.C3H6.C2H2/c1-7-8-9-13(6,10-11(2)3)14-12(4)5;1-5(2)6(3)4;1-3-4-2;1-3-2;1-2/h7-9,11,14H,1,4,10H2,2-3,5-6H3;6H,1H2,2-4H3;3-4H2,1-2H3;3H,1H2,2H3;1-2H/b9-8-;;;;. The van der Waals surface area contributed by atoms with Gasteiger partial charge in [0.2, 0.25) is 0 Å². The van der Waals surface area contributed by atoms with E-state index in [1.807, 2.05) is 26.8 Å². The molecule has 0 fully saturated rings. The predicted octanol–water partition coefficient (Wildman–Crippen LogP) is 9.12. The molecule has 1 nitrogen and oxygen atoms in total. The van der Waals surface area contributed by atoms with Crippen molar-refractivity contribution in [1.82, 2.24) is 5.32 Å². The second kappa shape index (κ2) is 28.3. The van der Waals surface area contributed by atoms with Gasteiger partial charge in [0.05, 0.1) is 5.54 Å². The van der Waals surface area contributed by atoms with E-state index in [1.54, 1.807) is 12.2 Å². The van der Waals surface area contributed by atoms with Gasteiger partial charge in [0.15, 0.2) is 0 Å². The molecule has 0 aliphatic heterocycles. The van der Waals surface area contributed by atoms with Crippen molar-refractivity contribution in [2.75, 3.05) is 0 Å². The molecule has 0 rings (SSSR count). The third-order valence-electron chi connectivity index (χ3n) is 3.42. The first-order valence-electron chi connectivity index (χ1n) is 10.7. The molecule has 0 aliphatic rings. The fourth-order valence-electron chi connectivity index (χ4n) is 1.78. The van der Waals surface area contributed by atoms with Crippen LogP contribution in [0.4, 0.5) is 0 Å². The molecular weight excluding hydrogens is 350 g/mol. The normalized spacial score (nSPS) is 11.0. The van der Waals surface area contributed by atoms with Gasteiger partial charge >= 0.3 is 0 Å². The van der Waals surface area contributed by atoms with Crippen LogP contribution in [0.3, 0.4) is 0 Å². The molecule has 0 saturated carbocycles. The molecule has 0 amide bonds. The lowest BCUT2D eigenvalue weighted by Crippen LogP contribution is -2.40. The van der Waals surface area contributed by atoms with Crippen molar-refractivity contribution in [3.63, 3.8) is 0 Å². The van der Waals surface area contributed by atoms with E-state index in [0.29, 0.717) is 11.8 Å². The van der Waals surface area contributed by atoms with E-state index >= 15 is 0 Å². The van der Waals surface area contributed by atoms with Gasteiger partial charge in [-0.2, -0.15) is 0 Å². The van der Waals surface area contributed by atoms with Gasteiger partial charge in [-0.3, -0.25) is 0 Å². The van der Waals surface area contributed by atoms with Crippen molar-refractivity contribution in [3.8, 4) is 12.8 Å². The summed E-state index contributed by atoms with van der Waals surface area (Å²) in [4.78, 5) is 0. The Bertz CT molecular complexity index is 432. The predicted molar refractivity (Wildman–Crippen MR) is 141 cm³/mol. The second-order valence-electron chi connectivity index (χ2n) is 7.92. The Kier molecular flexibility index (Phi) is 36.8. The maximum absolute atomic E-state index is 4.00. The molecule has 0 aliphatic carbocycles. The topological polar surface area (TPSA) is 12.0 Å². The zero-order valence-electron chi connectivity index (χ0n) is 21.6. The molecule has 170 valence electrons. The van der Waals surface area contributed by atoms with Crippen LogP contribution in [-0.2, 0) is 0 Å². The van der Waals surface area contributed by atoms with Gasteiger partial charge < -0.3 is 5.32 Å². The zero-order valence-corrected chi connectivity index (χ0v) is 21.6.